The number of nitrogens with one attached hydrogen (secondary N) is 2. The summed E-state index contributed by atoms with van der Waals surface area (Å²) in [6.07, 6.45) is 0. The number of hydrogen-bond acceptors (Lipinski definition) is 4. The molecule has 0 spiro atoms. The van der Waals surface area contributed by atoms with Crippen LogP contribution in [0.1, 0.15) is 34.6 Å². The maximum absolute atomic E-state index is 12.0. The van der Waals surface area contributed by atoms with Gasteiger partial charge in [0.15, 0.2) is 0 Å². The third kappa shape index (κ3) is 2.25. The minimum absolute atomic E-state index is 0.141. The first-order valence-corrected chi connectivity index (χ1v) is 5.87. The van der Waals surface area contributed by atoms with Crippen LogP contribution >= 0.6 is 0 Å². The molecule has 0 fully saturated rings. The molecule has 4 amide bonds. The van der Waals surface area contributed by atoms with E-state index >= 15 is 0 Å². The van der Waals surface area contributed by atoms with Crippen LogP contribution in [0, 0.1) is 0 Å². The number of hydrogen-bond donors (Lipinski definition) is 2. The van der Waals surface area contributed by atoms with Crippen molar-refractivity contribution in [2.24, 2.45) is 0 Å². The van der Waals surface area contributed by atoms with Crippen molar-refractivity contribution >= 4 is 35.0 Å². The van der Waals surface area contributed by atoms with Crippen molar-refractivity contribution in [1.82, 2.24) is 4.90 Å². The predicted molar refractivity (Wildman–Crippen MR) is 71.5 cm³/mol. The molecule has 7 nitrogen and oxygen atoms in total. The van der Waals surface area contributed by atoms with Crippen molar-refractivity contribution in [3.8, 4) is 0 Å². The Labute approximate surface area is 114 Å². The van der Waals surface area contributed by atoms with E-state index in [1.807, 2.05) is 0 Å². The fraction of sp³-hybridized carbons (Fsp3) is 0.231. The number of fused-ring (bicyclic) bond motifs is 1. The van der Waals surface area contributed by atoms with Gasteiger partial charge in [-0.25, -0.2) is 0 Å². The van der Waals surface area contributed by atoms with Gasteiger partial charge < -0.3 is 10.6 Å². The van der Waals surface area contributed by atoms with Gasteiger partial charge in [-0.05, 0) is 12.1 Å². The van der Waals surface area contributed by atoms with Crippen molar-refractivity contribution < 1.29 is 19.2 Å². The van der Waals surface area contributed by atoms with E-state index in [2.05, 4.69) is 10.6 Å². The third-order valence-corrected chi connectivity index (χ3v) is 2.82. The summed E-state index contributed by atoms with van der Waals surface area (Å²) in [7, 11) is 1.36. The predicted octanol–water partition coefficient (Wildman–Crippen LogP) is 0.829. The summed E-state index contributed by atoms with van der Waals surface area (Å²) < 4.78 is 0. The van der Waals surface area contributed by atoms with Crippen molar-refractivity contribution in [2.75, 3.05) is 17.7 Å². The Morgan fingerprint density at radius 2 is 1.60 bits per heavy atom. The molecule has 0 atom stereocenters. The van der Waals surface area contributed by atoms with Crippen LogP contribution in [0.2, 0.25) is 0 Å². The van der Waals surface area contributed by atoms with Gasteiger partial charge in [-0.15, -0.1) is 0 Å². The zero-order valence-corrected chi connectivity index (χ0v) is 11.2. The molecule has 0 bridgehead atoms. The number of anilines is 2. The molecule has 1 aromatic carbocycles. The van der Waals surface area contributed by atoms with E-state index in [4.69, 9.17) is 0 Å². The number of carbonyl (C=O) groups excluding carboxylic acids is 4. The summed E-state index contributed by atoms with van der Waals surface area (Å²) in [5, 5.41) is 5.03. The summed E-state index contributed by atoms with van der Waals surface area (Å²) in [6.45, 7) is 2.62. The SMILES string of the molecule is CC(=O)Nc1cc(NC(C)=O)c2c(c1)C(=O)N(C)C2=O. The van der Waals surface area contributed by atoms with Crippen LogP contribution in [-0.4, -0.2) is 35.6 Å². The Balaban J connectivity index is 2.61. The largest absolute Gasteiger partial charge is 0.326 e. The van der Waals surface area contributed by atoms with Crippen LogP contribution in [0.15, 0.2) is 12.1 Å². The molecular formula is C13H13N3O4. The molecule has 0 radical (unpaired) electrons. The highest BCUT2D eigenvalue weighted by Crippen LogP contribution is 2.32. The molecule has 2 N–H and O–H groups in total. The normalized spacial score (nSPS) is 13.2. The number of carbonyl (C=O) groups is 4. The highest BCUT2D eigenvalue weighted by atomic mass is 16.2. The van der Waals surface area contributed by atoms with Crippen LogP contribution in [0.4, 0.5) is 11.4 Å². The van der Waals surface area contributed by atoms with E-state index < -0.39 is 11.8 Å². The quantitative estimate of drug-likeness (QED) is 0.781. The first-order chi connectivity index (χ1) is 9.31. The van der Waals surface area contributed by atoms with Crippen LogP contribution in [-0.2, 0) is 9.59 Å². The second-order valence-corrected chi connectivity index (χ2v) is 4.48. The number of benzene rings is 1. The summed E-state index contributed by atoms with van der Waals surface area (Å²) in [6, 6.07) is 2.87. The van der Waals surface area contributed by atoms with E-state index in [1.165, 1.54) is 33.0 Å². The standard InChI is InChI=1S/C13H13N3O4/c1-6(17)14-8-4-9-11(10(5-8)15-7(2)18)13(20)16(3)12(9)19/h4-5H,1-3H3,(H,14,17)(H,15,18). The fourth-order valence-electron chi connectivity index (χ4n) is 2.05. The molecule has 0 aliphatic carbocycles. The molecule has 1 aliphatic rings. The second kappa shape index (κ2) is 4.76. The van der Waals surface area contributed by atoms with Crippen molar-refractivity contribution in [3.05, 3.63) is 23.3 Å². The van der Waals surface area contributed by atoms with Gasteiger partial charge in [-0.2, -0.15) is 0 Å². The maximum Gasteiger partial charge on any atom is 0.263 e. The Kier molecular flexibility index (Phi) is 3.27. The first kappa shape index (κ1) is 13.7. The number of rotatable bonds is 2. The Morgan fingerprint density at radius 3 is 2.15 bits per heavy atom. The molecule has 0 saturated carbocycles. The summed E-state index contributed by atoms with van der Waals surface area (Å²) in [5.41, 5.74) is 0.854. The van der Waals surface area contributed by atoms with Gasteiger partial charge in [-0.3, -0.25) is 24.1 Å². The molecule has 2 rings (SSSR count). The average Bonchev–Trinajstić information content (AvgIpc) is 2.53. The zero-order chi connectivity index (χ0) is 15.0. The molecule has 1 aromatic rings. The Hall–Kier alpha value is -2.70. The lowest BCUT2D eigenvalue weighted by molar-refractivity contribution is -0.115. The van der Waals surface area contributed by atoms with E-state index in [0.29, 0.717) is 5.69 Å². The Bertz CT molecular complexity index is 651. The molecule has 7 heteroatoms. The molecule has 0 saturated heterocycles. The molecule has 1 heterocycles. The highest BCUT2D eigenvalue weighted by molar-refractivity contribution is 6.24. The minimum Gasteiger partial charge on any atom is -0.326 e. The fourth-order valence-corrected chi connectivity index (χ4v) is 2.05. The summed E-state index contributed by atoms with van der Waals surface area (Å²) in [5.74, 6) is -1.64. The van der Waals surface area contributed by atoms with Gasteiger partial charge in [0.25, 0.3) is 11.8 Å². The first-order valence-electron chi connectivity index (χ1n) is 5.87. The van der Waals surface area contributed by atoms with E-state index in [0.717, 1.165) is 4.90 Å². The van der Waals surface area contributed by atoms with Crippen LogP contribution < -0.4 is 10.6 Å². The minimum atomic E-state index is -0.483. The van der Waals surface area contributed by atoms with Crippen LogP contribution in [0.3, 0.4) is 0 Å². The van der Waals surface area contributed by atoms with Crippen molar-refractivity contribution in [2.45, 2.75) is 13.8 Å². The second-order valence-electron chi connectivity index (χ2n) is 4.48. The molecule has 1 aliphatic heterocycles. The Morgan fingerprint density at radius 1 is 1.00 bits per heavy atom. The zero-order valence-electron chi connectivity index (χ0n) is 11.2. The van der Waals surface area contributed by atoms with Gasteiger partial charge in [0.2, 0.25) is 11.8 Å². The van der Waals surface area contributed by atoms with Crippen LogP contribution in [0.5, 0.6) is 0 Å². The van der Waals surface area contributed by atoms with Crippen LogP contribution in [0.25, 0.3) is 0 Å². The summed E-state index contributed by atoms with van der Waals surface area (Å²) in [4.78, 5) is 47.2. The molecule has 0 unspecified atom stereocenters. The molecular weight excluding hydrogens is 262 g/mol. The molecule has 0 aromatic heterocycles. The topological polar surface area (TPSA) is 95.6 Å². The lowest BCUT2D eigenvalue weighted by Crippen LogP contribution is -2.24. The molecule has 20 heavy (non-hydrogen) atoms. The third-order valence-electron chi connectivity index (χ3n) is 2.82. The van der Waals surface area contributed by atoms with E-state index in [9.17, 15) is 19.2 Å². The van der Waals surface area contributed by atoms with Gasteiger partial charge >= 0.3 is 0 Å². The van der Waals surface area contributed by atoms with Crippen molar-refractivity contribution in [1.29, 1.82) is 0 Å². The van der Waals surface area contributed by atoms with E-state index in [-0.39, 0.29) is 28.6 Å². The highest BCUT2D eigenvalue weighted by Gasteiger charge is 2.35. The number of imide groups is 1. The lowest BCUT2D eigenvalue weighted by Gasteiger charge is -2.10. The summed E-state index contributed by atoms with van der Waals surface area (Å²) >= 11 is 0. The number of amides is 4. The van der Waals surface area contributed by atoms with Crippen molar-refractivity contribution in [3.63, 3.8) is 0 Å². The number of nitrogens with zero attached hydrogens (tertiary/aromatic N) is 1. The van der Waals surface area contributed by atoms with Gasteiger partial charge in [0.05, 0.1) is 16.8 Å². The molecule has 104 valence electrons. The smallest absolute Gasteiger partial charge is 0.263 e. The lowest BCUT2D eigenvalue weighted by atomic mass is 10.1. The van der Waals surface area contributed by atoms with Gasteiger partial charge in [0, 0.05) is 26.6 Å². The van der Waals surface area contributed by atoms with Gasteiger partial charge in [0.1, 0.15) is 0 Å². The van der Waals surface area contributed by atoms with E-state index in [1.54, 1.807) is 0 Å². The average molecular weight is 275 g/mol. The van der Waals surface area contributed by atoms with Gasteiger partial charge in [-0.1, -0.05) is 0 Å². The monoisotopic (exact) mass is 275 g/mol. The maximum atomic E-state index is 12.0.